The second-order valence-electron chi connectivity index (χ2n) is 7.64. The molecular formula is C23H21F2N3O4S2. The molecule has 0 saturated carbocycles. The Hall–Kier alpha value is -3.31. The predicted octanol–water partition coefficient (Wildman–Crippen LogP) is 4.27. The Bertz CT molecular complexity index is 1460. The van der Waals surface area contributed by atoms with E-state index in [1.54, 1.807) is 30.3 Å². The van der Waals surface area contributed by atoms with E-state index in [1.165, 1.54) is 25.1 Å². The molecule has 11 heteroatoms. The lowest BCUT2D eigenvalue weighted by Crippen LogP contribution is -2.27. The van der Waals surface area contributed by atoms with Gasteiger partial charge in [0.25, 0.3) is 10.0 Å². The minimum absolute atomic E-state index is 0.108. The third kappa shape index (κ3) is 4.95. The van der Waals surface area contributed by atoms with Crippen LogP contribution in [0.3, 0.4) is 0 Å². The number of sulfonamides is 2. The van der Waals surface area contributed by atoms with Crippen molar-refractivity contribution in [2.24, 2.45) is 5.10 Å². The number of hydrogen-bond donors (Lipinski definition) is 1. The molecule has 0 spiro atoms. The minimum Gasteiger partial charge on any atom is -0.284 e. The van der Waals surface area contributed by atoms with Crippen molar-refractivity contribution in [1.82, 2.24) is 4.41 Å². The van der Waals surface area contributed by atoms with E-state index in [0.29, 0.717) is 22.5 Å². The summed E-state index contributed by atoms with van der Waals surface area (Å²) in [5, 5.41) is 4.34. The van der Waals surface area contributed by atoms with Gasteiger partial charge in [0.15, 0.2) is 0 Å². The number of anilines is 1. The lowest BCUT2D eigenvalue weighted by molar-refractivity contribution is 0.370. The van der Waals surface area contributed by atoms with Crippen LogP contribution in [0.5, 0.6) is 0 Å². The fourth-order valence-corrected chi connectivity index (χ4v) is 5.64. The van der Waals surface area contributed by atoms with Crippen LogP contribution in [-0.4, -0.2) is 32.7 Å². The van der Waals surface area contributed by atoms with Gasteiger partial charge in [0, 0.05) is 12.1 Å². The summed E-state index contributed by atoms with van der Waals surface area (Å²) in [5.41, 5.74) is 1.59. The molecule has 1 heterocycles. The van der Waals surface area contributed by atoms with Crippen LogP contribution < -0.4 is 4.72 Å². The maximum absolute atomic E-state index is 14.0. The number of nitrogens with one attached hydrogen (secondary N) is 1. The van der Waals surface area contributed by atoms with Gasteiger partial charge in [-0.15, -0.1) is 0 Å². The SMILES string of the molecule is CCS(=O)(=O)Nc1cccc(C2=NN(S(=O)(=O)c3ccc(F)cc3)[C@@H](c3cccc(F)c3)C2)c1. The molecular weight excluding hydrogens is 484 g/mol. The van der Waals surface area contributed by atoms with Crippen LogP contribution in [0.2, 0.25) is 0 Å². The van der Waals surface area contributed by atoms with Crippen LogP contribution in [0.1, 0.15) is 30.5 Å². The molecule has 0 unspecified atom stereocenters. The van der Waals surface area contributed by atoms with Crippen LogP contribution in [0.15, 0.2) is 82.8 Å². The van der Waals surface area contributed by atoms with Crippen molar-refractivity contribution in [3.8, 4) is 0 Å². The van der Waals surface area contributed by atoms with Crippen LogP contribution in [0.25, 0.3) is 0 Å². The van der Waals surface area contributed by atoms with Crippen molar-refractivity contribution in [3.05, 3.63) is 95.6 Å². The molecule has 1 atom stereocenters. The largest absolute Gasteiger partial charge is 0.284 e. The van der Waals surface area contributed by atoms with Crippen molar-refractivity contribution < 1.29 is 25.6 Å². The number of rotatable bonds is 7. The number of hydrogen-bond acceptors (Lipinski definition) is 5. The molecule has 0 radical (unpaired) electrons. The van der Waals surface area contributed by atoms with Gasteiger partial charge in [-0.25, -0.2) is 17.2 Å². The Morgan fingerprint density at radius 3 is 2.32 bits per heavy atom. The first-order chi connectivity index (χ1) is 16.1. The zero-order valence-electron chi connectivity index (χ0n) is 18.0. The van der Waals surface area contributed by atoms with E-state index in [4.69, 9.17) is 0 Å². The van der Waals surface area contributed by atoms with Crippen LogP contribution in [-0.2, 0) is 20.0 Å². The van der Waals surface area contributed by atoms with Gasteiger partial charge in [-0.2, -0.15) is 17.9 Å². The summed E-state index contributed by atoms with van der Waals surface area (Å²) in [6.07, 6.45) is 0.119. The van der Waals surface area contributed by atoms with E-state index >= 15 is 0 Å². The number of nitrogens with zero attached hydrogens (tertiary/aromatic N) is 2. The van der Waals surface area contributed by atoms with E-state index < -0.39 is 37.7 Å². The molecule has 1 N–H and O–H groups in total. The molecule has 34 heavy (non-hydrogen) atoms. The first-order valence-electron chi connectivity index (χ1n) is 10.3. The summed E-state index contributed by atoms with van der Waals surface area (Å²) in [5.74, 6) is -1.22. The maximum atomic E-state index is 14.0. The Balaban J connectivity index is 1.77. The van der Waals surface area contributed by atoms with Gasteiger partial charge in [0.05, 0.1) is 22.4 Å². The maximum Gasteiger partial charge on any atom is 0.279 e. The van der Waals surface area contributed by atoms with Crippen molar-refractivity contribution in [2.45, 2.75) is 24.3 Å². The van der Waals surface area contributed by atoms with Crippen molar-refractivity contribution in [3.63, 3.8) is 0 Å². The summed E-state index contributed by atoms with van der Waals surface area (Å²) in [4.78, 5) is -0.162. The summed E-state index contributed by atoms with van der Waals surface area (Å²) >= 11 is 0. The lowest BCUT2D eigenvalue weighted by Gasteiger charge is -2.23. The summed E-state index contributed by atoms with van der Waals surface area (Å²) in [6.45, 7) is 1.51. The quantitative estimate of drug-likeness (QED) is 0.519. The molecule has 7 nitrogen and oxygen atoms in total. The molecule has 3 aromatic rings. The van der Waals surface area contributed by atoms with Crippen LogP contribution in [0, 0.1) is 11.6 Å². The Morgan fingerprint density at radius 1 is 0.941 bits per heavy atom. The molecule has 0 saturated heterocycles. The molecule has 1 aliphatic heterocycles. The molecule has 3 aromatic carbocycles. The standard InChI is InChI=1S/C23H21F2N3O4S2/c1-2-33(29,30)27-20-8-4-5-16(14-20)22-15-23(17-6-3-7-19(25)13-17)28(26-22)34(31,32)21-11-9-18(24)10-12-21/h3-14,23,27H,2,15H2,1H3/t23-/m1/s1. The lowest BCUT2D eigenvalue weighted by atomic mass is 9.99. The molecule has 0 aliphatic carbocycles. The van der Waals surface area contributed by atoms with Gasteiger partial charge < -0.3 is 0 Å². The fraction of sp³-hybridized carbons (Fsp3) is 0.174. The van der Waals surface area contributed by atoms with E-state index in [0.717, 1.165) is 28.7 Å². The smallest absolute Gasteiger partial charge is 0.279 e. The Labute approximate surface area is 196 Å². The number of hydrazone groups is 1. The average molecular weight is 506 g/mol. The molecule has 178 valence electrons. The molecule has 0 aromatic heterocycles. The molecule has 0 bridgehead atoms. The zero-order chi connectivity index (χ0) is 24.5. The van der Waals surface area contributed by atoms with Crippen molar-refractivity contribution >= 4 is 31.4 Å². The highest BCUT2D eigenvalue weighted by Gasteiger charge is 2.38. The van der Waals surface area contributed by atoms with E-state index in [-0.39, 0.29) is 17.1 Å². The molecule has 1 aliphatic rings. The van der Waals surface area contributed by atoms with Gasteiger partial charge in [0.1, 0.15) is 11.6 Å². The van der Waals surface area contributed by atoms with Gasteiger partial charge in [-0.3, -0.25) is 4.72 Å². The van der Waals surface area contributed by atoms with Crippen LogP contribution in [0.4, 0.5) is 14.5 Å². The minimum atomic E-state index is -4.20. The van der Waals surface area contributed by atoms with Crippen molar-refractivity contribution in [1.29, 1.82) is 0 Å². The molecule has 0 fully saturated rings. The van der Waals surface area contributed by atoms with Gasteiger partial charge in [0.2, 0.25) is 10.0 Å². The van der Waals surface area contributed by atoms with E-state index in [2.05, 4.69) is 9.82 Å². The van der Waals surface area contributed by atoms with Gasteiger partial charge >= 0.3 is 0 Å². The zero-order valence-corrected chi connectivity index (χ0v) is 19.7. The summed E-state index contributed by atoms with van der Waals surface area (Å²) in [7, 11) is -7.72. The molecule has 4 rings (SSSR count). The normalized spacial score (nSPS) is 16.4. The van der Waals surface area contributed by atoms with Crippen molar-refractivity contribution in [2.75, 3.05) is 10.5 Å². The Morgan fingerprint density at radius 2 is 1.65 bits per heavy atom. The van der Waals surface area contributed by atoms with Gasteiger partial charge in [-0.05, 0) is 66.6 Å². The predicted molar refractivity (Wildman–Crippen MR) is 125 cm³/mol. The van der Waals surface area contributed by atoms with Crippen LogP contribution >= 0.6 is 0 Å². The van der Waals surface area contributed by atoms with Gasteiger partial charge in [-0.1, -0.05) is 24.3 Å². The second-order valence-corrected chi connectivity index (χ2v) is 11.4. The number of benzene rings is 3. The van der Waals surface area contributed by atoms with E-state index in [9.17, 15) is 25.6 Å². The Kier molecular flexibility index (Phi) is 6.41. The monoisotopic (exact) mass is 505 g/mol. The first-order valence-corrected chi connectivity index (χ1v) is 13.4. The van der Waals surface area contributed by atoms with E-state index in [1.807, 2.05) is 0 Å². The average Bonchev–Trinajstić information content (AvgIpc) is 3.26. The highest BCUT2D eigenvalue weighted by atomic mass is 32.2. The molecule has 0 amide bonds. The fourth-order valence-electron chi connectivity index (χ4n) is 3.58. The first kappa shape index (κ1) is 23.8. The third-order valence-electron chi connectivity index (χ3n) is 5.31. The summed E-state index contributed by atoms with van der Waals surface area (Å²) < 4.78 is 81.4. The highest BCUT2D eigenvalue weighted by molar-refractivity contribution is 7.92. The third-order valence-corrected chi connectivity index (χ3v) is 8.32. The number of halogens is 2. The summed E-state index contributed by atoms with van der Waals surface area (Å²) in [6, 6.07) is 15.5. The highest BCUT2D eigenvalue weighted by Crippen LogP contribution is 2.37. The second kappa shape index (κ2) is 9.15. The topological polar surface area (TPSA) is 95.9 Å².